The van der Waals surface area contributed by atoms with E-state index in [1.165, 1.54) is 12.1 Å². The molecule has 0 fully saturated rings. The highest BCUT2D eigenvalue weighted by Gasteiger charge is 2.18. The van der Waals surface area contributed by atoms with Crippen LogP contribution in [0.4, 0.5) is 5.69 Å². The van der Waals surface area contributed by atoms with Gasteiger partial charge in [-0.2, -0.15) is 0 Å². The highest BCUT2D eigenvalue weighted by molar-refractivity contribution is 5.97. The van der Waals surface area contributed by atoms with Crippen molar-refractivity contribution in [1.29, 1.82) is 0 Å². The van der Waals surface area contributed by atoms with Crippen LogP contribution in [0, 0.1) is 17.0 Å². The van der Waals surface area contributed by atoms with Gasteiger partial charge in [0.2, 0.25) is 0 Å². The standard InChI is InChI=1S/C20H19N5O3.C2H4O2/c1-12-3-6-16-17(9-12)22-19(20(26)23-16)15-11-24(8-2-7-21)18-10-13(25(27)28)4-5-14(15)18;1-2(3)4/h3-6,9-11H,2,7-8,21H2,1H3,(H,23,26);1H3,(H,3,4). The van der Waals surface area contributed by atoms with E-state index in [0.29, 0.717) is 47.3 Å². The molecule has 2 aromatic heterocycles. The molecule has 0 aliphatic rings. The number of nitrogens with one attached hydrogen (secondary N) is 1. The van der Waals surface area contributed by atoms with E-state index in [1.807, 2.05) is 35.9 Å². The number of hydrogen-bond donors (Lipinski definition) is 3. The molecular formula is C22H23N5O5. The molecule has 0 bridgehead atoms. The smallest absolute Gasteiger partial charge is 0.300 e. The third-order valence-corrected chi connectivity index (χ3v) is 4.78. The van der Waals surface area contributed by atoms with E-state index in [4.69, 9.17) is 15.6 Å². The number of hydrogen-bond acceptors (Lipinski definition) is 6. The lowest BCUT2D eigenvalue weighted by molar-refractivity contribution is -0.384. The van der Waals surface area contributed by atoms with Crippen molar-refractivity contribution in [2.45, 2.75) is 26.8 Å². The molecular weight excluding hydrogens is 414 g/mol. The SMILES string of the molecule is CC(=O)O.Cc1ccc2[nH]c(=O)c(-c3cn(CCCN)c4cc([N+](=O)[O-])ccc34)nc2c1. The van der Waals surface area contributed by atoms with Crippen molar-refractivity contribution in [2.24, 2.45) is 5.73 Å². The van der Waals surface area contributed by atoms with Crippen molar-refractivity contribution in [3.05, 3.63) is 68.6 Å². The molecule has 0 saturated heterocycles. The van der Waals surface area contributed by atoms with Crippen LogP contribution < -0.4 is 11.3 Å². The van der Waals surface area contributed by atoms with Crippen LogP contribution in [-0.4, -0.2) is 37.1 Å². The largest absolute Gasteiger partial charge is 0.481 e. The third kappa shape index (κ3) is 4.81. The van der Waals surface area contributed by atoms with Gasteiger partial charge in [-0.25, -0.2) is 4.98 Å². The molecule has 0 aliphatic carbocycles. The normalized spacial score (nSPS) is 10.7. The predicted molar refractivity (Wildman–Crippen MR) is 122 cm³/mol. The fraction of sp³-hybridized carbons (Fsp3) is 0.227. The topological polar surface area (TPSA) is 157 Å². The number of carbonyl (C=O) groups is 1. The van der Waals surface area contributed by atoms with E-state index in [-0.39, 0.29) is 11.2 Å². The lowest BCUT2D eigenvalue weighted by atomic mass is 10.1. The molecule has 0 spiro atoms. The van der Waals surface area contributed by atoms with Crippen LogP contribution >= 0.6 is 0 Å². The Kier molecular flexibility index (Phi) is 6.64. The number of nitrogens with zero attached hydrogens (tertiary/aromatic N) is 3. The Bertz CT molecular complexity index is 1370. The van der Waals surface area contributed by atoms with Gasteiger partial charge >= 0.3 is 0 Å². The zero-order valence-electron chi connectivity index (χ0n) is 17.7. The molecule has 32 heavy (non-hydrogen) atoms. The number of aryl methyl sites for hydroxylation is 2. The monoisotopic (exact) mass is 437 g/mol. The van der Waals surface area contributed by atoms with Gasteiger partial charge in [0, 0.05) is 42.7 Å². The molecule has 4 rings (SSSR count). The highest BCUT2D eigenvalue weighted by Crippen LogP contribution is 2.31. The van der Waals surface area contributed by atoms with E-state index in [2.05, 4.69) is 9.97 Å². The number of non-ortho nitro benzene ring substituents is 1. The molecule has 0 aliphatic heterocycles. The van der Waals surface area contributed by atoms with Gasteiger partial charge in [0.05, 0.1) is 21.5 Å². The summed E-state index contributed by atoms with van der Waals surface area (Å²) in [6, 6.07) is 10.3. The second-order valence-corrected chi connectivity index (χ2v) is 7.29. The number of benzene rings is 2. The molecule has 10 nitrogen and oxygen atoms in total. The van der Waals surface area contributed by atoms with Gasteiger partial charge in [-0.05, 0) is 43.7 Å². The number of nitro benzene ring substituents is 1. The summed E-state index contributed by atoms with van der Waals surface area (Å²) in [5, 5.41) is 19.3. The number of rotatable bonds is 5. The van der Waals surface area contributed by atoms with Gasteiger partial charge in [0.15, 0.2) is 0 Å². The zero-order chi connectivity index (χ0) is 23.4. The molecule has 166 valence electrons. The van der Waals surface area contributed by atoms with Crippen molar-refractivity contribution < 1.29 is 14.8 Å². The number of aromatic nitrogens is 3. The van der Waals surface area contributed by atoms with E-state index >= 15 is 0 Å². The van der Waals surface area contributed by atoms with Gasteiger partial charge in [-0.3, -0.25) is 19.7 Å². The van der Waals surface area contributed by atoms with Crippen molar-refractivity contribution in [1.82, 2.24) is 14.5 Å². The summed E-state index contributed by atoms with van der Waals surface area (Å²) in [4.78, 5) is 39.9. The minimum atomic E-state index is -0.833. The number of carboxylic acids is 1. The van der Waals surface area contributed by atoms with Gasteiger partial charge in [-0.1, -0.05) is 6.07 Å². The maximum Gasteiger partial charge on any atom is 0.300 e. The maximum absolute atomic E-state index is 12.7. The van der Waals surface area contributed by atoms with Crippen molar-refractivity contribution >= 4 is 33.6 Å². The highest BCUT2D eigenvalue weighted by atomic mass is 16.6. The Hall–Kier alpha value is -4.05. The Morgan fingerprint density at radius 2 is 2.00 bits per heavy atom. The van der Waals surface area contributed by atoms with E-state index < -0.39 is 10.9 Å². The van der Waals surface area contributed by atoms with Gasteiger partial charge in [-0.15, -0.1) is 0 Å². The van der Waals surface area contributed by atoms with Crippen LogP contribution in [0.3, 0.4) is 0 Å². The third-order valence-electron chi connectivity index (χ3n) is 4.78. The van der Waals surface area contributed by atoms with Crippen LogP contribution in [0.25, 0.3) is 33.2 Å². The lowest BCUT2D eigenvalue weighted by Gasteiger charge is -2.03. The maximum atomic E-state index is 12.7. The predicted octanol–water partition coefficient (Wildman–Crippen LogP) is 3.20. The first-order valence-corrected chi connectivity index (χ1v) is 9.89. The summed E-state index contributed by atoms with van der Waals surface area (Å²) in [5.74, 6) is -0.833. The summed E-state index contributed by atoms with van der Waals surface area (Å²) in [6.07, 6.45) is 2.54. The fourth-order valence-corrected chi connectivity index (χ4v) is 3.40. The number of nitrogens with two attached hydrogens (primary N) is 1. The second kappa shape index (κ2) is 9.40. The number of carboxylic acid groups (broad SMARTS) is 1. The fourth-order valence-electron chi connectivity index (χ4n) is 3.40. The van der Waals surface area contributed by atoms with Crippen molar-refractivity contribution in [3.8, 4) is 11.3 Å². The first-order chi connectivity index (χ1) is 15.2. The molecule has 0 unspecified atom stereocenters. The van der Waals surface area contributed by atoms with Crippen molar-refractivity contribution in [3.63, 3.8) is 0 Å². The minimum Gasteiger partial charge on any atom is -0.481 e. The van der Waals surface area contributed by atoms with Gasteiger partial charge < -0.3 is 20.4 Å². The number of fused-ring (bicyclic) bond motifs is 2. The molecule has 2 aromatic carbocycles. The van der Waals surface area contributed by atoms with Crippen LogP contribution in [0.5, 0.6) is 0 Å². The minimum absolute atomic E-state index is 0.00199. The summed E-state index contributed by atoms with van der Waals surface area (Å²) in [6.45, 7) is 4.14. The lowest BCUT2D eigenvalue weighted by Crippen LogP contribution is -2.11. The molecule has 2 heterocycles. The van der Waals surface area contributed by atoms with E-state index in [0.717, 1.165) is 17.9 Å². The number of aliphatic carboxylic acids is 1. The zero-order valence-corrected chi connectivity index (χ0v) is 17.7. The Morgan fingerprint density at radius 3 is 2.66 bits per heavy atom. The Labute approximate surface area is 182 Å². The first-order valence-electron chi connectivity index (χ1n) is 9.89. The van der Waals surface area contributed by atoms with E-state index in [1.54, 1.807) is 6.07 Å². The van der Waals surface area contributed by atoms with Crippen LogP contribution in [-0.2, 0) is 11.3 Å². The van der Waals surface area contributed by atoms with Crippen LogP contribution in [0.2, 0.25) is 0 Å². The number of aromatic amines is 1. The molecule has 0 amide bonds. The molecule has 10 heteroatoms. The van der Waals surface area contributed by atoms with Crippen LogP contribution in [0.1, 0.15) is 18.9 Å². The Morgan fingerprint density at radius 1 is 1.28 bits per heavy atom. The molecule has 0 atom stereocenters. The summed E-state index contributed by atoms with van der Waals surface area (Å²) >= 11 is 0. The average Bonchev–Trinajstić information content (AvgIpc) is 3.09. The molecule has 0 radical (unpaired) electrons. The van der Waals surface area contributed by atoms with Gasteiger partial charge in [0.25, 0.3) is 17.2 Å². The van der Waals surface area contributed by atoms with E-state index in [9.17, 15) is 14.9 Å². The summed E-state index contributed by atoms with van der Waals surface area (Å²) in [5.41, 5.74) is 9.36. The molecule has 4 N–H and O–H groups in total. The van der Waals surface area contributed by atoms with Crippen molar-refractivity contribution in [2.75, 3.05) is 6.54 Å². The summed E-state index contributed by atoms with van der Waals surface area (Å²) < 4.78 is 1.89. The van der Waals surface area contributed by atoms with Gasteiger partial charge in [0.1, 0.15) is 5.69 Å². The van der Waals surface area contributed by atoms with Crippen LogP contribution in [0.15, 0.2) is 47.4 Å². The Balaban J connectivity index is 0.000000668. The molecule has 4 aromatic rings. The number of H-pyrrole nitrogens is 1. The second-order valence-electron chi connectivity index (χ2n) is 7.29. The summed E-state index contributed by atoms with van der Waals surface area (Å²) in [7, 11) is 0. The average molecular weight is 437 g/mol. The quantitative estimate of drug-likeness (QED) is 0.319. The first kappa shape index (κ1) is 22.6. The number of nitro groups is 1. The molecule has 0 saturated carbocycles.